The standard InChI is InChI=1S/C28H30ClN7O4/c1-27(2,3)40-26(39)32-17-28(19-7-4-8-20(29)14-19)11-9-21(10-12-28)36-25(38)22(24(37)33-35-30)15-23(34-36)18-6-5-13-31-16-18/h4-8,13-16,21H,9-12,17H2,1-3H3,(H,32,39). The number of nitrogens with zero attached hydrogens (tertiary/aromatic N) is 6. The van der Waals surface area contributed by atoms with Crippen LogP contribution in [0.25, 0.3) is 21.7 Å². The van der Waals surface area contributed by atoms with Gasteiger partial charge in [0.1, 0.15) is 5.60 Å². The molecule has 40 heavy (non-hydrogen) atoms. The van der Waals surface area contributed by atoms with E-state index in [1.165, 1.54) is 10.7 Å². The zero-order valence-electron chi connectivity index (χ0n) is 22.5. The lowest BCUT2D eigenvalue weighted by Crippen LogP contribution is -2.46. The summed E-state index contributed by atoms with van der Waals surface area (Å²) >= 11 is 6.33. The lowest BCUT2D eigenvalue weighted by molar-refractivity contribution is 0.0504. The van der Waals surface area contributed by atoms with Crippen LogP contribution < -0.4 is 10.9 Å². The summed E-state index contributed by atoms with van der Waals surface area (Å²) in [5, 5.41) is 11.2. The van der Waals surface area contributed by atoms with Crippen LogP contribution in [0.2, 0.25) is 5.02 Å². The number of aromatic nitrogens is 3. The highest BCUT2D eigenvalue weighted by atomic mass is 35.5. The molecule has 1 aliphatic carbocycles. The maximum absolute atomic E-state index is 13.4. The average molecular weight is 564 g/mol. The molecule has 11 nitrogen and oxygen atoms in total. The zero-order chi connectivity index (χ0) is 28.9. The van der Waals surface area contributed by atoms with E-state index in [1.54, 1.807) is 51.4 Å². The number of hydrogen-bond donors (Lipinski definition) is 1. The first-order chi connectivity index (χ1) is 19.0. The van der Waals surface area contributed by atoms with Gasteiger partial charge in [-0.1, -0.05) is 23.7 Å². The Morgan fingerprint density at radius 3 is 2.60 bits per heavy atom. The van der Waals surface area contributed by atoms with Crippen molar-refractivity contribution in [1.29, 1.82) is 0 Å². The monoisotopic (exact) mass is 563 g/mol. The minimum absolute atomic E-state index is 0.259. The molecule has 1 fully saturated rings. The predicted octanol–water partition coefficient (Wildman–Crippen LogP) is 5.99. The van der Waals surface area contributed by atoms with Gasteiger partial charge in [-0.05, 0) is 93.0 Å². The van der Waals surface area contributed by atoms with Crippen molar-refractivity contribution in [2.24, 2.45) is 5.11 Å². The van der Waals surface area contributed by atoms with Crippen molar-refractivity contribution >= 4 is 23.6 Å². The molecule has 1 N–H and O–H groups in total. The van der Waals surface area contributed by atoms with Crippen LogP contribution in [0.15, 0.2) is 64.8 Å². The Hall–Kier alpha value is -4.21. The maximum atomic E-state index is 13.4. The Bertz CT molecular complexity index is 1500. The van der Waals surface area contributed by atoms with Crippen molar-refractivity contribution in [2.75, 3.05) is 6.54 Å². The first-order valence-corrected chi connectivity index (χ1v) is 13.3. The van der Waals surface area contributed by atoms with E-state index in [2.05, 4.69) is 25.4 Å². The van der Waals surface area contributed by atoms with Crippen LogP contribution in [0, 0.1) is 0 Å². The molecular formula is C28H30ClN7O4. The fourth-order valence-corrected chi connectivity index (χ4v) is 5.19. The van der Waals surface area contributed by atoms with Crippen LogP contribution in [0.5, 0.6) is 0 Å². The number of carbonyl (C=O) groups excluding carboxylic acids is 2. The van der Waals surface area contributed by atoms with Crippen LogP contribution >= 0.6 is 11.6 Å². The van der Waals surface area contributed by atoms with Crippen molar-refractivity contribution in [1.82, 2.24) is 20.1 Å². The number of hydrogen-bond acceptors (Lipinski definition) is 6. The Balaban J connectivity index is 1.67. The second kappa shape index (κ2) is 11.9. The minimum atomic E-state index is -0.973. The van der Waals surface area contributed by atoms with Crippen molar-refractivity contribution < 1.29 is 14.3 Å². The Morgan fingerprint density at radius 2 is 1.98 bits per heavy atom. The van der Waals surface area contributed by atoms with Crippen LogP contribution in [-0.4, -0.2) is 38.9 Å². The number of ether oxygens (including phenoxy) is 1. The van der Waals surface area contributed by atoms with Crippen molar-refractivity contribution in [3.63, 3.8) is 0 Å². The number of pyridine rings is 1. The number of azide groups is 1. The molecule has 4 rings (SSSR count). The van der Waals surface area contributed by atoms with E-state index in [0.29, 0.717) is 48.5 Å². The molecule has 0 radical (unpaired) electrons. The normalized spacial score (nSPS) is 18.9. The van der Waals surface area contributed by atoms with Crippen molar-refractivity contribution in [3.8, 4) is 11.3 Å². The molecule has 1 aliphatic rings. The van der Waals surface area contributed by atoms with Gasteiger partial charge >= 0.3 is 6.09 Å². The highest BCUT2D eigenvalue weighted by molar-refractivity contribution is 6.30. The molecule has 1 saturated carbocycles. The number of carbonyl (C=O) groups is 2. The highest BCUT2D eigenvalue weighted by Crippen LogP contribution is 2.43. The van der Waals surface area contributed by atoms with Gasteiger partial charge in [-0.25, -0.2) is 9.48 Å². The molecule has 2 aromatic heterocycles. The summed E-state index contributed by atoms with van der Waals surface area (Å²) in [5.74, 6) is -0.973. The van der Waals surface area contributed by atoms with Gasteiger partial charge < -0.3 is 10.1 Å². The summed E-state index contributed by atoms with van der Waals surface area (Å²) in [4.78, 5) is 45.1. The summed E-state index contributed by atoms with van der Waals surface area (Å²) in [6.07, 6.45) is 4.92. The van der Waals surface area contributed by atoms with Gasteiger partial charge in [0.2, 0.25) is 0 Å². The van der Waals surface area contributed by atoms with Gasteiger partial charge in [0, 0.05) is 39.9 Å². The van der Waals surface area contributed by atoms with Gasteiger partial charge in [-0.15, -0.1) is 0 Å². The summed E-state index contributed by atoms with van der Waals surface area (Å²) in [7, 11) is 0. The summed E-state index contributed by atoms with van der Waals surface area (Å²) < 4.78 is 6.76. The van der Waals surface area contributed by atoms with E-state index in [4.69, 9.17) is 21.9 Å². The highest BCUT2D eigenvalue weighted by Gasteiger charge is 2.39. The van der Waals surface area contributed by atoms with Crippen LogP contribution in [0.4, 0.5) is 4.79 Å². The number of benzene rings is 1. The fraction of sp³-hybridized carbons (Fsp3) is 0.393. The lowest BCUT2D eigenvalue weighted by atomic mass is 9.68. The number of rotatable bonds is 6. The van der Waals surface area contributed by atoms with E-state index >= 15 is 0 Å². The van der Waals surface area contributed by atoms with Gasteiger partial charge in [-0.3, -0.25) is 14.6 Å². The van der Waals surface area contributed by atoms with Crippen LogP contribution in [0.1, 0.15) is 68.4 Å². The molecule has 0 saturated heterocycles. The first kappa shape index (κ1) is 28.8. The molecule has 2 amide bonds. The maximum Gasteiger partial charge on any atom is 0.407 e. The Morgan fingerprint density at radius 1 is 1.23 bits per heavy atom. The second-order valence-corrected chi connectivity index (χ2v) is 11.2. The number of halogens is 1. The Labute approximate surface area is 236 Å². The second-order valence-electron chi connectivity index (χ2n) is 10.8. The van der Waals surface area contributed by atoms with E-state index in [0.717, 1.165) is 5.56 Å². The largest absolute Gasteiger partial charge is 0.444 e. The molecule has 1 aromatic carbocycles. The third-order valence-corrected chi connectivity index (χ3v) is 7.16. The van der Waals surface area contributed by atoms with Gasteiger partial charge in [0.25, 0.3) is 11.5 Å². The molecule has 12 heteroatoms. The quantitative estimate of drug-likeness (QED) is 0.221. The number of nitrogens with one attached hydrogen (secondary N) is 1. The molecule has 0 spiro atoms. The average Bonchev–Trinajstić information content (AvgIpc) is 2.92. The first-order valence-electron chi connectivity index (χ1n) is 12.9. The molecule has 0 aliphatic heterocycles. The predicted molar refractivity (Wildman–Crippen MR) is 150 cm³/mol. The van der Waals surface area contributed by atoms with Crippen LogP contribution in [-0.2, 0) is 10.2 Å². The summed E-state index contributed by atoms with van der Waals surface area (Å²) in [6.45, 7) is 5.72. The number of alkyl carbamates (subject to hydrolysis) is 1. The van der Waals surface area contributed by atoms with E-state index in [-0.39, 0.29) is 11.6 Å². The number of amides is 2. The zero-order valence-corrected chi connectivity index (χ0v) is 23.3. The van der Waals surface area contributed by atoms with E-state index in [1.807, 2.05) is 18.2 Å². The topological polar surface area (TPSA) is 152 Å². The minimum Gasteiger partial charge on any atom is -0.444 e. The van der Waals surface area contributed by atoms with Gasteiger partial charge in [0.15, 0.2) is 0 Å². The molecule has 0 atom stereocenters. The van der Waals surface area contributed by atoms with E-state index in [9.17, 15) is 14.4 Å². The van der Waals surface area contributed by atoms with Crippen molar-refractivity contribution in [2.45, 2.75) is 63.5 Å². The lowest BCUT2D eigenvalue weighted by Gasteiger charge is -2.41. The van der Waals surface area contributed by atoms with Crippen molar-refractivity contribution in [3.05, 3.63) is 91.8 Å². The summed E-state index contributed by atoms with van der Waals surface area (Å²) in [6, 6.07) is 12.0. The molecule has 0 unspecified atom stereocenters. The third kappa shape index (κ3) is 6.67. The molecule has 2 heterocycles. The van der Waals surface area contributed by atoms with Gasteiger partial charge in [-0.2, -0.15) is 5.10 Å². The smallest absolute Gasteiger partial charge is 0.407 e. The molecule has 3 aromatic rings. The van der Waals surface area contributed by atoms with Crippen LogP contribution in [0.3, 0.4) is 0 Å². The van der Waals surface area contributed by atoms with Gasteiger partial charge in [0.05, 0.1) is 17.3 Å². The molecular weight excluding hydrogens is 534 g/mol. The summed E-state index contributed by atoms with van der Waals surface area (Å²) in [5.41, 5.74) is 8.74. The SMILES string of the molecule is CC(C)(C)OC(=O)NCC1(c2cccc(Cl)c2)CCC(n2nc(-c3cccnc3)cc(C(=O)N=[N+]=[N-])c2=O)CC1. The molecule has 0 bridgehead atoms. The Kier molecular flexibility index (Phi) is 8.56. The molecule has 208 valence electrons. The van der Waals surface area contributed by atoms with E-state index < -0.39 is 28.6 Å². The third-order valence-electron chi connectivity index (χ3n) is 6.92. The fourth-order valence-electron chi connectivity index (χ4n) is 5.00.